The van der Waals surface area contributed by atoms with Gasteiger partial charge in [-0.15, -0.1) is 0 Å². The van der Waals surface area contributed by atoms with Crippen molar-refractivity contribution in [1.82, 2.24) is 20.1 Å². The molecule has 3 heterocycles. The number of rotatable bonds is 5. The Bertz CT molecular complexity index is 1060. The summed E-state index contributed by atoms with van der Waals surface area (Å²) in [7, 11) is 0. The maximum atomic E-state index is 12.6. The van der Waals surface area contributed by atoms with E-state index in [4.69, 9.17) is 0 Å². The van der Waals surface area contributed by atoms with Crippen molar-refractivity contribution in [3.8, 4) is 16.9 Å². The van der Waals surface area contributed by atoms with Gasteiger partial charge in [-0.05, 0) is 48.2 Å². The Morgan fingerprint density at radius 2 is 2.04 bits per heavy atom. The summed E-state index contributed by atoms with van der Waals surface area (Å²) in [6, 6.07) is 15.7. The van der Waals surface area contributed by atoms with Gasteiger partial charge in [-0.2, -0.15) is 16.4 Å². The minimum Gasteiger partial charge on any atom is -0.348 e. The van der Waals surface area contributed by atoms with Crippen molar-refractivity contribution in [2.75, 3.05) is 0 Å². The van der Waals surface area contributed by atoms with Gasteiger partial charge >= 0.3 is 0 Å². The molecule has 6 heteroatoms. The first kappa shape index (κ1) is 17.2. The van der Waals surface area contributed by atoms with E-state index in [2.05, 4.69) is 20.8 Å². The number of para-hydroxylation sites is 1. The number of carbonyl (C=O) groups excluding carboxylic acids is 1. The smallest absolute Gasteiger partial charge is 0.255 e. The number of thiophene rings is 1. The number of hydrogen-bond donors (Lipinski definition) is 1. The lowest BCUT2D eigenvalue weighted by atomic mass is 10.1. The molecule has 27 heavy (non-hydrogen) atoms. The van der Waals surface area contributed by atoms with Gasteiger partial charge in [0, 0.05) is 23.7 Å². The van der Waals surface area contributed by atoms with Crippen LogP contribution in [0.15, 0.2) is 71.7 Å². The molecule has 0 aliphatic carbocycles. The molecule has 4 rings (SSSR count). The van der Waals surface area contributed by atoms with Crippen LogP contribution in [0.4, 0.5) is 0 Å². The lowest BCUT2D eigenvalue weighted by Gasteiger charge is -2.07. The molecule has 0 radical (unpaired) electrons. The second-order valence-corrected chi connectivity index (χ2v) is 6.92. The molecule has 0 aliphatic rings. The van der Waals surface area contributed by atoms with Gasteiger partial charge in [0.2, 0.25) is 0 Å². The van der Waals surface area contributed by atoms with Gasteiger partial charge in [-0.3, -0.25) is 9.78 Å². The van der Waals surface area contributed by atoms with Crippen LogP contribution in [0.5, 0.6) is 0 Å². The number of aromatic nitrogens is 3. The third-order valence-corrected chi connectivity index (χ3v) is 5.03. The number of hydrogen-bond acceptors (Lipinski definition) is 4. The molecule has 5 nitrogen and oxygen atoms in total. The van der Waals surface area contributed by atoms with Crippen molar-refractivity contribution >= 4 is 17.2 Å². The fourth-order valence-electron chi connectivity index (χ4n) is 2.89. The fraction of sp³-hybridized carbons (Fsp3) is 0.0952. The minimum absolute atomic E-state index is 0.136. The molecule has 0 fully saturated rings. The summed E-state index contributed by atoms with van der Waals surface area (Å²) < 4.78 is 1.77. The van der Waals surface area contributed by atoms with Gasteiger partial charge in [0.1, 0.15) is 0 Å². The van der Waals surface area contributed by atoms with Crippen molar-refractivity contribution in [2.24, 2.45) is 0 Å². The van der Waals surface area contributed by atoms with E-state index in [-0.39, 0.29) is 5.91 Å². The Kier molecular flexibility index (Phi) is 4.80. The SMILES string of the molecule is Cc1c(C(=O)NCc2ccnc(-c3ccsc3)c2)cnn1-c1ccccc1. The lowest BCUT2D eigenvalue weighted by Crippen LogP contribution is -2.23. The zero-order valence-corrected chi connectivity index (χ0v) is 15.6. The second kappa shape index (κ2) is 7.55. The molecule has 0 bridgehead atoms. The molecule has 3 aromatic heterocycles. The molecule has 0 unspecified atom stereocenters. The largest absolute Gasteiger partial charge is 0.348 e. The molecule has 0 saturated carbocycles. The second-order valence-electron chi connectivity index (χ2n) is 6.14. The van der Waals surface area contributed by atoms with Crippen molar-refractivity contribution in [3.05, 3.63) is 88.5 Å². The first-order valence-corrected chi connectivity index (χ1v) is 9.52. The number of amides is 1. The molecule has 4 aromatic rings. The Labute approximate surface area is 161 Å². The van der Waals surface area contributed by atoms with E-state index in [0.717, 1.165) is 28.2 Å². The quantitative estimate of drug-likeness (QED) is 0.569. The maximum absolute atomic E-state index is 12.6. The first-order chi connectivity index (χ1) is 13.2. The van der Waals surface area contributed by atoms with Gasteiger partial charge in [0.15, 0.2) is 0 Å². The molecule has 0 atom stereocenters. The Morgan fingerprint density at radius 3 is 2.81 bits per heavy atom. The van der Waals surface area contributed by atoms with Crippen LogP contribution < -0.4 is 5.32 Å². The zero-order valence-electron chi connectivity index (χ0n) is 14.8. The average Bonchev–Trinajstić information content (AvgIpc) is 3.37. The average molecular weight is 374 g/mol. The highest BCUT2D eigenvalue weighted by Gasteiger charge is 2.15. The minimum atomic E-state index is -0.136. The molecular formula is C21H18N4OS. The van der Waals surface area contributed by atoms with Gasteiger partial charge in [-0.25, -0.2) is 4.68 Å². The van der Waals surface area contributed by atoms with Crippen LogP contribution in [-0.2, 0) is 6.54 Å². The summed E-state index contributed by atoms with van der Waals surface area (Å²) in [4.78, 5) is 17.0. The summed E-state index contributed by atoms with van der Waals surface area (Å²) in [5, 5.41) is 11.4. The monoisotopic (exact) mass is 374 g/mol. The van der Waals surface area contributed by atoms with Crippen molar-refractivity contribution in [1.29, 1.82) is 0 Å². The predicted octanol–water partition coefficient (Wildman–Crippen LogP) is 4.23. The summed E-state index contributed by atoms with van der Waals surface area (Å²) in [6.07, 6.45) is 3.38. The van der Waals surface area contributed by atoms with E-state index in [9.17, 15) is 4.79 Å². The maximum Gasteiger partial charge on any atom is 0.255 e. The molecule has 0 saturated heterocycles. The predicted molar refractivity (Wildman–Crippen MR) is 107 cm³/mol. The van der Waals surface area contributed by atoms with Crippen LogP contribution in [-0.4, -0.2) is 20.7 Å². The van der Waals surface area contributed by atoms with Crippen LogP contribution in [0, 0.1) is 6.92 Å². The number of carbonyl (C=O) groups is 1. The fourth-order valence-corrected chi connectivity index (χ4v) is 3.54. The van der Waals surface area contributed by atoms with Crippen LogP contribution in [0.2, 0.25) is 0 Å². The standard InChI is InChI=1S/C21H18N4OS/c1-15-19(13-24-25(15)18-5-3-2-4-6-18)21(26)23-12-16-7-9-22-20(11-16)17-8-10-27-14-17/h2-11,13-14H,12H2,1H3,(H,23,26). The summed E-state index contributed by atoms with van der Waals surface area (Å²) in [6.45, 7) is 2.34. The van der Waals surface area contributed by atoms with Crippen LogP contribution in [0.1, 0.15) is 21.6 Å². The van der Waals surface area contributed by atoms with E-state index >= 15 is 0 Å². The third kappa shape index (κ3) is 3.66. The third-order valence-electron chi connectivity index (χ3n) is 4.35. The van der Waals surface area contributed by atoms with Gasteiger partial charge in [0.05, 0.1) is 28.8 Å². The van der Waals surface area contributed by atoms with E-state index in [0.29, 0.717) is 12.1 Å². The number of pyridine rings is 1. The zero-order chi connectivity index (χ0) is 18.6. The molecule has 134 valence electrons. The number of nitrogens with one attached hydrogen (secondary N) is 1. The van der Waals surface area contributed by atoms with Gasteiger partial charge in [0.25, 0.3) is 5.91 Å². The molecule has 1 N–H and O–H groups in total. The molecular weight excluding hydrogens is 356 g/mol. The first-order valence-electron chi connectivity index (χ1n) is 8.58. The summed E-state index contributed by atoms with van der Waals surface area (Å²) in [5.41, 5.74) is 5.33. The molecule has 1 aromatic carbocycles. The van der Waals surface area contributed by atoms with E-state index in [1.807, 2.05) is 60.8 Å². The molecule has 0 spiro atoms. The highest BCUT2D eigenvalue weighted by molar-refractivity contribution is 7.08. The van der Waals surface area contributed by atoms with Crippen LogP contribution >= 0.6 is 11.3 Å². The Balaban J connectivity index is 1.48. The van der Waals surface area contributed by atoms with E-state index in [1.54, 1.807) is 28.4 Å². The summed E-state index contributed by atoms with van der Waals surface area (Å²) >= 11 is 1.64. The van der Waals surface area contributed by atoms with Gasteiger partial charge in [-0.1, -0.05) is 18.2 Å². The van der Waals surface area contributed by atoms with E-state index < -0.39 is 0 Å². The number of nitrogens with zero attached hydrogens (tertiary/aromatic N) is 3. The Hall–Kier alpha value is -3.25. The van der Waals surface area contributed by atoms with Gasteiger partial charge < -0.3 is 5.32 Å². The molecule has 1 amide bonds. The van der Waals surface area contributed by atoms with Crippen molar-refractivity contribution in [3.63, 3.8) is 0 Å². The normalized spacial score (nSPS) is 10.7. The van der Waals surface area contributed by atoms with Crippen LogP contribution in [0.25, 0.3) is 16.9 Å². The van der Waals surface area contributed by atoms with E-state index in [1.165, 1.54) is 0 Å². The highest BCUT2D eigenvalue weighted by Crippen LogP contribution is 2.20. The highest BCUT2D eigenvalue weighted by atomic mass is 32.1. The lowest BCUT2D eigenvalue weighted by molar-refractivity contribution is 0.0950. The van der Waals surface area contributed by atoms with Crippen molar-refractivity contribution < 1.29 is 4.79 Å². The van der Waals surface area contributed by atoms with Crippen LogP contribution in [0.3, 0.4) is 0 Å². The Morgan fingerprint density at radius 1 is 1.19 bits per heavy atom. The topological polar surface area (TPSA) is 59.8 Å². The summed E-state index contributed by atoms with van der Waals surface area (Å²) in [5.74, 6) is -0.136. The number of benzene rings is 1. The van der Waals surface area contributed by atoms with Crippen molar-refractivity contribution in [2.45, 2.75) is 13.5 Å². The molecule has 0 aliphatic heterocycles.